The minimum atomic E-state index is -0.636. The van der Waals surface area contributed by atoms with E-state index in [9.17, 15) is 9.18 Å². The van der Waals surface area contributed by atoms with Crippen molar-refractivity contribution in [3.8, 4) is 0 Å². The summed E-state index contributed by atoms with van der Waals surface area (Å²) in [5.74, 6) is -1.06. The van der Waals surface area contributed by atoms with Crippen molar-refractivity contribution in [2.45, 2.75) is 18.9 Å². The normalized spacial score (nSPS) is 14.9. The van der Waals surface area contributed by atoms with Crippen LogP contribution in [0.2, 0.25) is 0 Å². The molecule has 0 aromatic heterocycles. The summed E-state index contributed by atoms with van der Waals surface area (Å²) in [6.45, 7) is 0. The molecule has 0 atom stereocenters. The summed E-state index contributed by atoms with van der Waals surface area (Å²) < 4.78 is 13.7. The van der Waals surface area contributed by atoms with Crippen LogP contribution in [0.25, 0.3) is 0 Å². The number of nitrogens with two attached hydrogens (primary N) is 2. The van der Waals surface area contributed by atoms with Gasteiger partial charge in [-0.15, -0.1) is 0 Å². The van der Waals surface area contributed by atoms with Crippen molar-refractivity contribution in [1.29, 1.82) is 0 Å². The van der Waals surface area contributed by atoms with Gasteiger partial charge in [0, 0.05) is 18.8 Å². The third-order valence-electron chi connectivity index (χ3n) is 2.86. The maximum absolute atomic E-state index is 13.7. The Morgan fingerprint density at radius 1 is 1.50 bits per heavy atom. The fourth-order valence-electron chi connectivity index (χ4n) is 1.72. The minimum Gasteiger partial charge on any atom is -0.398 e. The number of anilines is 2. The Morgan fingerprint density at radius 3 is 2.62 bits per heavy atom. The standard InChI is InChI=1S/C11H14FN3O/c1-15(6-2-3-6)10-4-7(11(14)16)9(13)5-8(10)12/h4-6H,2-3,13H2,1H3,(H2,14,16). The molecule has 0 unspecified atom stereocenters. The van der Waals surface area contributed by atoms with Crippen molar-refractivity contribution >= 4 is 17.3 Å². The molecule has 0 spiro atoms. The number of primary amides is 1. The van der Waals surface area contributed by atoms with Crippen LogP contribution in [0, 0.1) is 5.82 Å². The number of nitrogen functional groups attached to an aromatic ring is 1. The molecule has 4 nitrogen and oxygen atoms in total. The van der Waals surface area contributed by atoms with E-state index in [-0.39, 0.29) is 11.3 Å². The van der Waals surface area contributed by atoms with E-state index in [1.807, 2.05) is 4.90 Å². The van der Waals surface area contributed by atoms with E-state index >= 15 is 0 Å². The van der Waals surface area contributed by atoms with Crippen molar-refractivity contribution in [2.24, 2.45) is 5.73 Å². The highest BCUT2D eigenvalue weighted by molar-refractivity contribution is 5.99. The topological polar surface area (TPSA) is 72.3 Å². The molecule has 0 aliphatic heterocycles. The highest BCUT2D eigenvalue weighted by Gasteiger charge is 2.28. The second-order valence-corrected chi connectivity index (χ2v) is 4.10. The number of hydrogen-bond donors (Lipinski definition) is 2. The first-order valence-corrected chi connectivity index (χ1v) is 5.12. The van der Waals surface area contributed by atoms with Gasteiger partial charge in [0.25, 0.3) is 5.91 Å². The molecule has 0 saturated heterocycles. The van der Waals surface area contributed by atoms with Crippen LogP contribution in [-0.4, -0.2) is 19.0 Å². The van der Waals surface area contributed by atoms with Gasteiger partial charge in [0.2, 0.25) is 0 Å². The number of carbonyl (C=O) groups is 1. The summed E-state index contributed by atoms with van der Waals surface area (Å²) >= 11 is 0. The number of rotatable bonds is 3. The molecule has 1 aromatic rings. The second kappa shape index (κ2) is 3.66. The highest BCUT2D eigenvalue weighted by Crippen LogP contribution is 2.33. The molecule has 86 valence electrons. The molecule has 1 fully saturated rings. The molecule has 5 heteroatoms. The third-order valence-corrected chi connectivity index (χ3v) is 2.86. The largest absolute Gasteiger partial charge is 0.398 e. The van der Waals surface area contributed by atoms with Gasteiger partial charge in [-0.05, 0) is 25.0 Å². The molecular weight excluding hydrogens is 209 g/mol. The fourth-order valence-corrected chi connectivity index (χ4v) is 1.72. The van der Waals surface area contributed by atoms with E-state index in [0.717, 1.165) is 18.9 Å². The Hall–Kier alpha value is -1.78. The van der Waals surface area contributed by atoms with Crippen molar-refractivity contribution in [3.63, 3.8) is 0 Å². The van der Waals surface area contributed by atoms with Crippen LogP contribution in [0.1, 0.15) is 23.2 Å². The summed E-state index contributed by atoms with van der Waals surface area (Å²) in [4.78, 5) is 12.9. The van der Waals surface area contributed by atoms with Gasteiger partial charge in [0.05, 0.1) is 11.3 Å². The van der Waals surface area contributed by atoms with Gasteiger partial charge in [0.1, 0.15) is 5.82 Å². The first-order valence-electron chi connectivity index (χ1n) is 5.12. The maximum Gasteiger partial charge on any atom is 0.250 e. The Balaban J connectivity index is 2.43. The van der Waals surface area contributed by atoms with Crippen LogP contribution in [0.4, 0.5) is 15.8 Å². The van der Waals surface area contributed by atoms with Crippen LogP contribution < -0.4 is 16.4 Å². The van der Waals surface area contributed by atoms with Crippen LogP contribution in [-0.2, 0) is 0 Å². The SMILES string of the molecule is CN(c1cc(C(N)=O)c(N)cc1F)C1CC1. The number of benzene rings is 1. The zero-order valence-electron chi connectivity index (χ0n) is 9.03. The number of amides is 1. The average Bonchev–Trinajstić information content (AvgIpc) is 2.99. The Kier molecular flexibility index (Phi) is 2.46. The average molecular weight is 223 g/mol. The van der Waals surface area contributed by atoms with Gasteiger partial charge in [-0.2, -0.15) is 0 Å². The smallest absolute Gasteiger partial charge is 0.250 e. The van der Waals surface area contributed by atoms with Gasteiger partial charge in [-0.3, -0.25) is 4.79 Å². The predicted molar refractivity (Wildman–Crippen MR) is 60.8 cm³/mol. The monoisotopic (exact) mass is 223 g/mol. The molecule has 2 rings (SSSR count). The van der Waals surface area contributed by atoms with Crippen LogP contribution in [0.5, 0.6) is 0 Å². The van der Waals surface area contributed by atoms with Gasteiger partial charge in [0.15, 0.2) is 0 Å². The Morgan fingerprint density at radius 2 is 2.12 bits per heavy atom. The van der Waals surface area contributed by atoms with Crippen LogP contribution in [0.3, 0.4) is 0 Å². The van der Waals surface area contributed by atoms with Crippen LogP contribution >= 0.6 is 0 Å². The summed E-state index contributed by atoms with van der Waals surface area (Å²) in [7, 11) is 1.80. The lowest BCUT2D eigenvalue weighted by Crippen LogP contribution is -2.22. The van der Waals surface area contributed by atoms with Crippen molar-refractivity contribution in [3.05, 3.63) is 23.5 Å². The number of nitrogens with zero attached hydrogens (tertiary/aromatic N) is 1. The summed E-state index contributed by atoms with van der Waals surface area (Å²) in [6.07, 6.45) is 2.10. The summed E-state index contributed by atoms with van der Waals surface area (Å²) in [5.41, 5.74) is 11.3. The maximum atomic E-state index is 13.7. The quantitative estimate of drug-likeness (QED) is 0.754. The number of hydrogen-bond acceptors (Lipinski definition) is 3. The molecule has 1 aromatic carbocycles. The van der Waals surface area contributed by atoms with E-state index in [0.29, 0.717) is 11.7 Å². The summed E-state index contributed by atoms with van der Waals surface area (Å²) in [5, 5.41) is 0. The van der Waals surface area contributed by atoms with Gasteiger partial charge in [-0.25, -0.2) is 4.39 Å². The lowest BCUT2D eigenvalue weighted by Gasteiger charge is -2.20. The zero-order chi connectivity index (χ0) is 11.9. The molecule has 4 N–H and O–H groups in total. The zero-order valence-corrected chi connectivity index (χ0v) is 9.03. The Bertz CT molecular complexity index is 443. The number of carbonyl (C=O) groups excluding carboxylic acids is 1. The van der Waals surface area contributed by atoms with Gasteiger partial charge >= 0.3 is 0 Å². The molecule has 1 aliphatic rings. The lowest BCUT2D eigenvalue weighted by atomic mass is 10.1. The molecule has 16 heavy (non-hydrogen) atoms. The molecule has 0 bridgehead atoms. The molecule has 0 radical (unpaired) electrons. The van der Waals surface area contributed by atoms with Gasteiger partial charge < -0.3 is 16.4 Å². The third kappa shape index (κ3) is 1.80. The molecule has 1 saturated carbocycles. The molecule has 0 heterocycles. The summed E-state index contributed by atoms with van der Waals surface area (Å²) in [6, 6.07) is 2.93. The van der Waals surface area contributed by atoms with E-state index in [1.54, 1.807) is 7.05 Å². The van der Waals surface area contributed by atoms with Crippen molar-refractivity contribution in [1.82, 2.24) is 0 Å². The first kappa shape index (κ1) is 10.7. The predicted octanol–water partition coefficient (Wildman–Crippen LogP) is 1.11. The van der Waals surface area contributed by atoms with E-state index in [4.69, 9.17) is 11.5 Å². The lowest BCUT2D eigenvalue weighted by molar-refractivity contribution is 0.100. The van der Waals surface area contributed by atoms with Gasteiger partial charge in [-0.1, -0.05) is 0 Å². The number of halogens is 1. The molecule has 1 aliphatic carbocycles. The van der Waals surface area contributed by atoms with E-state index in [1.165, 1.54) is 6.07 Å². The minimum absolute atomic E-state index is 0.0814. The van der Waals surface area contributed by atoms with Crippen LogP contribution in [0.15, 0.2) is 12.1 Å². The van der Waals surface area contributed by atoms with Crippen molar-refractivity contribution < 1.29 is 9.18 Å². The molecular formula is C11H14FN3O. The second-order valence-electron chi connectivity index (χ2n) is 4.10. The van der Waals surface area contributed by atoms with E-state index < -0.39 is 11.7 Å². The Labute approximate surface area is 93.0 Å². The van der Waals surface area contributed by atoms with E-state index in [2.05, 4.69) is 0 Å². The molecule has 1 amide bonds. The highest BCUT2D eigenvalue weighted by atomic mass is 19.1. The van der Waals surface area contributed by atoms with Crippen molar-refractivity contribution in [2.75, 3.05) is 17.7 Å². The fraction of sp³-hybridized carbons (Fsp3) is 0.364. The first-order chi connectivity index (χ1) is 7.50.